The first kappa shape index (κ1) is 13.2. The molecule has 0 unspecified atom stereocenters. The van der Waals surface area contributed by atoms with Gasteiger partial charge in [0, 0.05) is 13.8 Å². The van der Waals surface area contributed by atoms with Crippen molar-refractivity contribution in [1.82, 2.24) is 0 Å². The molecule has 19 heavy (non-hydrogen) atoms. The summed E-state index contributed by atoms with van der Waals surface area (Å²) in [5.74, 6) is -7.03. The molecule has 0 N–H and O–H groups in total. The van der Waals surface area contributed by atoms with E-state index < -0.39 is 35.2 Å². The fourth-order valence-corrected chi connectivity index (χ4v) is 1.75. The molecule has 1 aliphatic rings. The largest absolute Gasteiger partial charge is 0.422 e. The van der Waals surface area contributed by atoms with Crippen LogP contribution in [0.4, 0.5) is 4.39 Å². The average molecular weight is 266 g/mol. The summed E-state index contributed by atoms with van der Waals surface area (Å²) in [7, 11) is 0. The molecule has 1 heterocycles. The normalized spacial score (nSPS) is 18.7. The average Bonchev–Trinajstić information content (AvgIpc) is 2.26. The third-order valence-corrected chi connectivity index (χ3v) is 2.57. The minimum Gasteiger partial charge on any atom is -0.422 e. The van der Waals surface area contributed by atoms with Gasteiger partial charge in [-0.2, -0.15) is 0 Å². The highest BCUT2D eigenvalue weighted by Gasteiger charge is 2.47. The summed E-state index contributed by atoms with van der Waals surface area (Å²) < 4.78 is 23.1. The molecule has 1 fully saturated rings. The quantitative estimate of drug-likeness (QED) is 0.460. The standard InChI is InChI=1S/C13H11FO5/c1-13(2)18-11(16)9(12(17)19-13)10(15)7-5-3-4-6-8(7)14/h3-6,9H,1-2H3. The first-order valence-corrected chi connectivity index (χ1v) is 5.56. The second-order valence-electron chi connectivity index (χ2n) is 4.52. The Kier molecular flexibility index (Phi) is 3.09. The number of benzene rings is 1. The van der Waals surface area contributed by atoms with Crippen LogP contribution in [0.2, 0.25) is 0 Å². The zero-order valence-electron chi connectivity index (χ0n) is 10.3. The van der Waals surface area contributed by atoms with Crippen LogP contribution in [0.15, 0.2) is 24.3 Å². The van der Waals surface area contributed by atoms with E-state index in [4.69, 9.17) is 9.47 Å². The summed E-state index contributed by atoms with van der Waals surface area (Å²) in [6.45, 7) is 2.74. The molecule has 6 heteroatoms. The van der Waals surface area contributed by atoms with Gasteiger partial charge in [-0.3, -0.25) is 14.4 Å². The van der Waals surface area contributed by atoms with Crippen molar-refractivity contribution in [1.29, 1.82) is 0 Å². The monoisotopic (exact) mass is 266 g/mol. The van der Waals surface area contributed by atoms with Crippen molar-refractivity contribution in [2.75, 3.05) is 0 Å². The van der Waals surface area contributed by atoms with Crippen LogP contribution >= 0.6 is 0 Å². The van der Waals surface area contributed by atoms with E-state index in [2.05, 4.69) is 0 Å². The lowest BCUT2D eigenvalue weighted by Crippen LogP contribution is -2.49. The number of Topliss-reactive ketones (excluding diaryl/α,β-unsaturated/α-hetero) is 1. The second-order valence-corrected chi connectivity index (χ2v) is 4.52. The van der Waals surface area contributed by atoms with Gasteiger partial charge in [0.15, 0.2) is 5.78 Å². The Balaban J connectivity index is 2.33. The number of hydrogen-bond acceptors (Lipinski definition) is 5. The molecule has 1 saturated heterocycles. The van der Waals surface area contributed by atoms with Gasteiger partial charge in [0.1, 0.15) is 5.82 Å². The van der Waals surface area contributed by atoms with Crippen LogP contribution < -0.4 is 0 Å². The van der Waals surface area contributed by atoms with Crippen molar-refractivity contribution in [3.05, 3.63) is 35.6 Å². The van der Waals surface area contributed by atoms with Crippen LogP contribution in [0, 0.1) is 11.7 Å². The highest BCUT2D eigenvalue weighted by Crippen LogP contribution is 2.26. The van der Waals surface area contributed by atoms with E-state index in [0.717, 1.165) is 6.07 Å². The Bertz CT molecular complexity index is 544. The van der Waals surface area contributed by atoms with Crippen molar-refractivity contribution in [2.45, 2.75) is 19.6 Å². The fraction of sp³-hybridized carbons (Fsp3) is 0.308. The van der Waals surface area contributed by atoms with Gasteiger partial charge < -0.3 is 9.47 Å². The van der Waals surface area contributed by atoms with Crippen LogP contribution in [-0.4, -0.2) is 23.5 Å². The van der Waals surface area contributed by atoms with Crippen LogP contribution in [0.25, 0.3) is 0 Å². The molecule has 0 radical (unpaired) electrons. The Hall–Kier alpha value is -2.24. The third-order valence-electron chi connectivity index (χ3n) is 2.57. The van der Waals surface area contributed by atoms with Crippen molar-refractivity contribution in [2.24, 2.45) is 5.92 Å². The van der Waals surface area contributed by atoms with Crippen molar-refractivity contribution < 1.29 is 28.2 Å². The molecule has 0 aliphatic carbocycles. The molecule has 0 bridgehead atoms. The van der Waals surface area contributed by atoms with E-state index in [1.54, 1.807) is 0 Å². The van der Waals surface area contributed by atoms with Crippen LogP contribution in [0.1, 0.15) is 24.2 Å². The molecule has 2 rings (SSSR count). The van der Waals surface area contributed by atoms with Gasteiger partial charge in [0.2, 0.25) is 5.92 Å². The Morgan fingerprint density at radius 1 is 1.16 bits per heavy atom. The van der Waals surface area contributed by atoms with Gasteiger partial charge in [0.05, 0.1) is 5.56 Å². The summed E-state index contributed by atoms with van der Waals surface area (Å²) >= 11 is 0. The number of halogens is 1. The summed E-state index contributed by atoms with van der Waals surface area (Å²) in [4.78, 5) is 35.4. The summed E-state index contributed by atoms with van der Waals surface area (Å²) in [6, 6.07) is 5.08. The molecule has 0 saturated carbocycles. The maximum Gasteiger partial charge on any atom is 0.331 e. The number of ketones is 1. The van der Waals surface area contributed by atoms with Gasteiger partial charge in [-0.1, -0.05) is 12.1 Å². The van der Waals surface area contributed by atoms with Crippen molar-refractivity contribution >= 4 is 17.7 Å². The lowest BCUT2D eigenvalue weighted by atomic mass is 9.96. The SMILES string of the molecule is CC1(C)OC(=O)C(C(=O)c2ccccc2F)C(=O)O1. The number of cyclic esters (lactones) is 2. The van der Waals surface area contributed by atoms with Gasteiger partial charge in [0.25, 0.3) is 5.79 Å². The molecule has 1 aromatic carbocycles. The van der Waals surface area contributed by atoms with E-state index >= 15 is 0 Å². The number of ether oxygens (including phenoxy) is 2. The Morgan fingerprint density at radius 3 is 2.21 bits per heavy atom. The highest BCUT2D eigenvalue weighted by atomic mass is 19.1. The van der Waals surface area contributed by atoms with E-state index in [0.29, 0.717) is 0 Å². The van der Waals surface area contributed by atoms with Gasteiger partial charge in [-0.15, -0.1) is 0 Å². The minimum atomic E-state index is -1.77. The molecule has 0 amide bonds. The maximum absolute atomic E-state index is 13.5. The number of carbonyl (C=O) groups is 3. The molecule has 1 aliphatic heterocycles. The summed E-state index contributed by atoms with van der Waals surface area (Å²) in [5.41, 5.74) is -0.346. The lowest BCUT2D eigenvalue weighted by Gasteiger charge is -2.32. The smallest absolute Gasteiger partial charge is 0.331 e. The predicted octanol–water partition coefficient (Wildman–Crippen LogP) is 1.46. The van der Waals surface area contributed by atoms with E-state index in [1.165, 1.54) is 32.0 Å². The van der Waals surface area contributed by atoms with Crippen molar-refractivity contribution in [3.63, 3.8) is 0 Å². The Labute approximate surface area is 108 Å². The predicted molar refractivity (Wildman–Crippen MR) is 60.5 cm³/mol. The first-order chi connectivity index (χ1) is 8.82. The number of hydrogen-bond donors (Lipinski definition) is 0. The summed E-state index contributed by atoms with van der Waals surface area (Å²) in [6.07, 6.45) is 0. The maximum atomic E-state index is 13.5. The first-order valence-electron chi connectivity index (χ1n) is 5.56. The zero-order valence-corrected chi connectivity index (χ0v) is 10.3. The molecule has 0 spiro atoms. The van der Waals surface area contributed by atoms with Gasteiger partial charge >= 0.3 is 11.9 Å². The van der Waals surface area contributed by atoms with Crippen LogP contribution in [0.3, 0.4) is 0 Å². The van der Waals surface area contributed by atoms with Crippen molar-refractivity contribution in [3.8, 4) is 0 Å². The van der Waals surface area contributed by atoms with E-state index in [-0.39, 0.29) is 5.56 Å². The van der Waals surface area contributed by atoms with E-state index in [1.807, 2.05) is 0 Å². The molecule has 5 nitrogen and oxygen atoms in total. The van der Waals surface area contributed by atoms with Crippen LogP contribution in [0.5, 0.6) is 0 Å². The van der Waals surface area contributed by atoms with Gasteiger partial charge in [-0.05, 0) is 12.1 Å². The minimum absolute atomic E-state index is 0.346. The molecule has 100 valence electrons. The number of rotatable bonds is 2. The molecule has 0 aromatic heterocycles. The summed E-state index contributed by atoms with van der Waals surface area (Å²) in [5, 5.41) is 0. The van der Waals surface area contributed by atoms with E-state index in [9.17, 15) is 18.8 Å². The topological polar surface area (TPSA) is 69.7 Å². The molecule has 0 atom stereocenters. The zero-order chi connectivity index (χ0) is 14.2. The second kappa shape index (κ2) is 4.46. The lowest BCUT2D eigenvalue weighted by molar-refractivity contribution is -0.236. The molecular weight excluding hydrogens is 255 g/mol. The Morgan fingerprint density at radius 2 is 1.68 bits per heavy atom. The number of esters is 2. The molecule has 1 aromatic rings. The van der Waals surface area contributed by atoms with Gasteiger partial charge in [-0.25, -0.2) is 4.39 Å². The van der Waals surface area contributed by atoms with Crippen LogP contribution in [-0.2, 0) is 19.1 Å². The third kappa shape index (κ3) is 2.47. The molecular formula is C13H11FO5. The number of carbonyl (C=O) groups excluding carboxylic acids is 3. The fourth-order valence-electron chi connectivity index (χ4n) is 1.75. The highest BCUT2D eigenvalue weighted by molar-refractivity contribution is 6.21.